The molecule has 0 aromatic carbocycles. The van der Waals surface area contributed by atoms with Gasteiger partial charge in [-0.1, -0.05) is 381 Å². The minimum absolute atomic E-state index is 0.109. The van der Waals surface area contributed by atoms with Crippen LogP contribution in [0.15, 0.2) is 0 Å². The van der Waals surface area contributed by atoms with E-state index in [9.17, 15) is 43.2 Å². The van der Waals surface area contributed by atoms with Crippen LogP contribution in [0.25, 0.3) is 0 Å². The molecule has 0 bridgehead atoms. The van der Waals surface area contributed by atoms with Gasteiger partial charge in [-0.3, -0.25) is 37.3 Å². The summed E-state index contributed by atoms with van der Waals surface area (Å²) in [6.07, 6.45) is 65.0. The first-order valence-corrected chi connectivity index (χ1v) is 45.1. The second-order valence-corrected chi connectivity index (χ2v) is 32.5. The molecule has 594 valence electrons. The van der Waals surface area contributed by atoms with Crippen LogP contribution in [0.4, 0.5) is 0 Å². The van der Waals surface area contributed by atoms with Crippen LogP contribution in [-0.2, 0) is 65.4 Å². The smallest absolute Gasteiger partial charge is 0.462 e. The number of rotatable bonds is 81. The normalized spacial score (nSPS) is 13.8. The van der Waals surface area contributed by atoms with Gasteiger partial charge in [0.05, 0.1) is 26.4 Å². The highest BCUT2D eigenvalue weighted by Gasteiger charge is 2.30. The van der Waals surface area contributed by atoms with E-state index in [1.807, 2.05) is 0 Å². The minimum Gasteiger partial charge on any atom is -0.462 e. The first-order chi connectivity index (χ1) is 48.5. The average molecular weight is 1470 g/mol. The Labute approximate surface area is 613 Å². The largest absolute Gasteiger partial charge is 0.472 e. The van der Waals surface area contributed by atoms with Crippen LogP contribution in [0.1, 0.15) is 433 Å². The standard InChI is InChI=1S/C81H158O17P2/c1-6-9-12-15-18-21-24-26-28-32-36-40-45-50-55-60-65-79(84)92-71-77(98-81(86)67-62-57-52-47-42-37-33-30-29-31-34-39-43-48-53-58-63-74(4)5)73-96-100(89,90)94-69-75(82)68-93-99(87,88)95-72-76(70-91-78(83)64-59-54-49-44-38-23-20-17-14-11-8-3)97-80(85)66-61-56-51-46-41-35-27-25-22-19-16-13-10-7-2/h74-77,82H,6-73H2,1-5H3,(H,87,88)(H,89,90)/t75-,76+,77+/m0/s1. The first-order valence-electron chi connectivity index (χ1n) is 42.1. The number of carbonyl (C=O) groups excluding carboxylic acids is 4. The Bertz CT molecular complexity index is 1910. The zero-order valence-electron chi connectivity index (χ0n) is 65.3. The lowest BCUT2D eigenvalue weighted by molar-refractivity contribution is -0.161. The summed E-state index contributed by atoms with van der Waals surface area (Å²) in [6.45, 7) is 7.37. The maximum absolute atomic E-state index is 13.1. The van der Waals surface area contributed by atoms with Crippen molar-refractivity contribution >= 4 is 39.5 Å². The van der Waals surface area contributed by atoms with Gasteiger partial charge in [-0.25, -0.2) is 9.13 Å². The summed E-state index contributed by atoms with van der Waals surface area (Å²) in [5.74, 6) is -1.29. The molecule has 0 radical (unpaired) electrons. The van der Waals surface area contributed by atoms with Crippen molar-refractivity contribution < 1.29 is 80.2 Å². The van der Waals surface area contributed by atoms with Crippen LogP contribution in [-0.4, -0.2) is 96.7 Å². The number of unbranched alkanes of at least 4 members (excludes halogenated alkanes) is 53. The molecular formula is C81H158O17P2. The van der Waals surface area contributed by atoms with Crippen molar-refractivity contribution in [2.45, 2.75) is 451 Å². The molecule has 0 saturated heterocycles. The van der Waals surface area contributed by atoms with Gasteiger partial charge in [0.25, 0.3) is 0 Å². The van der Waals surface area contributed by atoms with E-state index in [0.29, 0.717) is 25.7 Å². The highest BCUT2D eigenvalue weighted by atomic mass is 31.2. The van der Waals surface area contributed by atoms with Gasteiger partial charge in [0.1, 0.15) is 19.3 Å². The number of hydrogen-bond acceptors (Lipinski definition) is 15. The lowest BCUT2D eigenvalue weighted by Gasteiger charge is -2.21. The van der Waals surface area contributed by atoms with Crippen molar-refractivity contribution in [1.82, 2.24) is 0 Å². The van der Waals surface area contributed by atoms with E-state index in [0.717, 1.165) is 95.8 Å². The number of esters is 4. The molecule has 0 rings (SSSR count). The molecule has 0 heterocycles. The number of phosphoric ester groups is 2. The van der Waals surface area contributed by atoms with Crippen LogP contribution in [0.2, 0.25) is 0 Å². The second-order valence-electron chi connectivity index (χ2n) is 29.6. The molecule has 0 aromatic rings. The predicted octanol–water partition coefficient (Wildman–Crippen LogP) is 24.4. The molecule has 100 heavy (non-hydrogen) atoms. The summed E-state index contributed by atoms with van der Waals surface area (Å²) >= 11 is 0. The van der Waals surface area contributed by atoms with Crippen molar-refractivity contribution in [1.29, 1.82) is 0 Å². The molecule has 19 heteroatoms. The number of ether oxygens (including phenoxy) is 4. The Morgan fingerprint density at radius 1 is 0.270 bits per heavy atom. The monoisotopic (exact) mass is 1470 g/mol. The quantitative estimate of drug-likeness (QED) is 0.0222. The lowest BCUT2D eigenvalue weighted by Crippen LogP contribution is -2.30. The Morgan fingerprint density at radius 2 is 0.460 bits per heavy atom. The fourth-order valence-electron chi connectivity index (χ4n) is 12.6. The van der Waals surface area contributed by atoms with E-state index in [1.54, 1.807) is 0 Å². The van der Waals surface area contributed by atoms with E-state index in [-0.39, 0.29) is 25.7 Å². The van der Waals surface area contributed by atoms with Gasteiger partial charge in [-0.15, -0.1) is 0 Å². The van der Waals surface area contributed by atoms with E-state index in [1.165, 1.54) is 257 Å². The number of carbonyl (C=O) groups is 4. The lowest BCUT2D eigenvalue weighted by atomic mass is 10.0. The number of hydrogen-bond donors (Lipinski definition) is 3. The van der Waals surface area contributed by atoms with Crippen molar-refractivity contribution in [3.8, 4) is 0 Å². The van der Waals surface area contributed by atoms with E-state index >= 15 is 0 Å². The second kappa shape index (κ2) is 73.9. The molecular weight excluding hydrogens is 1310 g/mol. The third kappa shape index (κ3) is 74.3. The molecule has 0 spiro atoms. The summed E-state index contributed by atoms with van der Waals surface area (Å²) in [5, 5.41) is 10.6. The SMILES string of the molecule is CCCCCCCCCCCCCCCCCCC(=O)OC[C@H](COP(=O)(O)OC[C@@H](O)COP(=O)(O)OC[C@@H](COC(=O)CCCCCCCCCCCCC)OC(=O)CCCCCCCCCCCCCCCC)OC(=O)CCCCCCCCCCCCCCCCCCC(C)C. The van der Waals surface area contributed by atoms with E-state index < -0.39 is 97.5 Å². The number of phosphoric acid groups is 2. The first kappa shape index (κ1) is 98.1. The van der Waals surface area contributed by atoms with Crippen LogP contribution < -0.4 is 0 Å². The topological polar surface area (TPSA) is 237 Å². The van der Waals surface area contributed by atoms with Gasteiger partial charge < -0.3 is 33.8 Å². The van der Waals surface area contributed by atoms with Crippen molar-refractivity contribution in [3.05, 3.63) is 0 Å². The molecule has 0 fully saturated rings. The van der Waals surface area contributed by atoms with Gasteiger partial charge in [0, 0.05) is 25.7 Å². The molecule has 0 aliphatic carbocycles. The molecule has 3 N–H and O–H groups in total. The van der Waals surface area contributed by atoms with Crippen LogP contribution >= 0.6 is 15.6 Å². The Kier molecular flexibility index (Phi) is 72.5. The number of aliphatic hydroxyl groups excluding tert-OH is 1. The highest BCUT2D eigenvalue weighted by Crippen LogP contribution is 2.45. The third-order valence-corrected chi connectivity index (χ3v) is 20.9. The molecule has 0 amide bonds. The van der Waals surface area contributed by atoms with Crippen LogP contribution in [0, 0.1) is 5.92 Å². The van der Waals surface area contributed by atoms with Crippen LogP contribution in [0.3, 0.4) is 0 Å². The fraction of sp³-hybridized carbons (Fsp3) is 0.951. The average Bonchev–Trinajstić information content (AvgIpc) is 0.940. The molecule has 0 aliphatic heterocycles. The Morgan fingerprint density at radius 3 is 0.680 bits per heavy atom. The summed E-state index contributed by atoms with van der Waals surface area (Å²) in [7, 11) is -9.92. The zero-order chi connectivity index (χ0) is 73.4. The van der Waals surface area contributed by atoms with E-state index in [4.69, 9.17) is 37.0 Å². The Hall–Kier alpha value is -1.94. The maximum Gasteiger partial charge on any atom is 0.472 e. The van der Waals surface area contributed by atoms with Crippen molar-refractivity contribution in [2.75, 3.05) is 39.6 Å². The van der Waals surface area contributed by atoms with Gasteiger partial charge in [-0.2, -0.15) is 0 Å². The molecule has 17 nitrogen and oxygen atoms in total. The van der Waals surface area contributed by atoms with Gasteiger partial charge in [0.2, 0.25) is 0 Å². The summed E-state index contributed by atoms with van der Waals surface area (Å²) < 4.78 is 68.7. The van der Waals surface area contributed by atoms with Gasteiger partial charge in [-0.05, 0) is 31.6 Å². The third-order valence-electron chi connectivity index (χ3n) is 19.0. The summed E-state index contributed by atoms with van der Waals surface area (Å²) in [6, 6.07) is 0. The fourth-order valence-corrected chi connectivity index (χ4v) is 14.2. The van der Waals surface area contributed by atoms with Crippen LogP contribution in [0.5, 0.6) is 0 Å². The van der Waals surface area contributed by atoms with Gasteiger partial charge in [0.15, 0.2) is 12.2 Å². The van der Waals surface area contributed by atoms with Crippen molar-refractivity contribution in [2.24, 2.45) is 5.92 Å². The summed E-state index contributed by atoms with van der Waals surface area (Å²) in [4.78, 5) is 73.0. The van der Waals surface area contributed by atoms with E-state index in [2.05, 4.69) is 34.6 Å². The predicted molar refractivity (Wildman–Crippen MR) is 409 cm³/mol. The number of aliphatic hydroxyl groups is 1. The molecule has 2 unspecified atom stereocenters. The molecule has 0 aliphatic rings. The summed E-state index contributed by atoms with van der Waals surface area (Å²) in [5.41, 5.74) is 0. The maximum atomic E-state index is 13.1. The van der Waals surface area contributed by atoms with Gasteiger partial charge >= 0.3 is 39.5 Å². The molecule has 5 atom stereocenters. The molecule has 0 aromatic heterocycles. The minimum atomic E-state index is -4.96. The Balaban J connectivity index is 5.24. The molecule has 0 saturated carbocycles. The van der Waals surface area contributed by atoms with Crippen molar-refractivity contribution in [3.63, 3.8) is 0 Å². The zero-order valence-corrected chi connectivity index (χ0v) is 67.1. The highest BCUT2D eigenvalue weighted by molar-refractivity contribution is 7.47.